The van der Waals surface area contributed by atoms with E-state index in [2.05, 4.69) is 15.9 Å². The number of benzene rings is 1. The monoisotopic (exact) mass is 257 g/mol. The number of rotatable bonds is 2. The third kappa shape index (κ3) is 2.26. The molecule has 0 radical (unpaired) electrons. The Hall–Kier alpha value is -1.03. The molecule has 0 N–H and O–H groups in total. The summed E-state index contributed by atoms with van der Waals surface area (Å²) in [5.74, 6) is -0.324. The summed E-state index contributed by atoms with van der Waals surface area (Å²) in [5, 5.41) is 0. The van der Waals surface area contributed by atoms with Crippen molar-refractivity contribution >= 4 is 27.6 Å². The van der Waals surface area contributed by atoms with Gasteiger partial charge in [-0.25, -0.2) is 4.79 Å². The quantitative estimate of drug-likeness (QED) is 0.762. The van der Waals surface area contributed by atoms with E-state index in [1.807, 2.05) is 31.1 Å². The zero-order valence-corrected chi connectivity index (χ0v) is 9.96. The van der Waals surface area contributed by atoms with Crippen molar-refractivity contribution in [3.63, 3.8) is 0 Å². The molecule has 4 heteroatoms. The SMILES string of the molecule is COC(=O)c1cc(Br)ccc1N(C)C. The third-order valence-corrected chi connectivity index (χ3v) is 2.34. The second-order valence-corrected chi connectivity index (χ2v) is 3.96. The number of ether oxygens (including phenoxy) is 1. The van der Waals surface area contributed by atoms with E-state index in [1.54, 1.807) is 6.07 Å². The molecule has 3 nitrogen and oxygen atoms in total. The largest absolute Gasteiger partial charge is 0.465 e. The van der Waals surface area contributed by atoms with Gasteiger partial charge in [-0.05, 0) is 18.2 Å². The fourth-order valence-corrected chi connectivity index (χ4v) is 1.53. The first-order valence-electron chi connectivity index (χ1n) is 4.11. The van der Waals surface area contributed by atoms with Gasteiger partial charge in [-0.15, -0.1) is 0 Å². The lowest BCUT2D eigenvalue weighted by Gasteiger charge is -2.16. The first-order valence-corrected chi connectivity index (χ1v) is 4.90. The van der Waals surface area contributed by atoms with Crippen LogP contribution < -0.4 is 4.90 Å². The fraction of sp³-hybridized carbons (Fsp3) is 0.300. The van der Waals surface area contributed by atoms with Gasteiger partial charge < -0.3 is 9.64 Å². The van der Waals surface area contributed by atoms with Gasteiger partial charge in [-0.2, -0.15) is 0 Å². The lowest BCUT2D eigenvalue weighted by molar-refractivity contribution is 0.0601. The Morgan fingerprint density at radius 1 is 1.43 bits per heavy atom. The van der Waals surface area contributed by atoms with Crippen molar-refractivity contribution in [1.29, 1.82) is 0 Å². The molecule has 0 aromatic heterocycles. The molecule has 0 saturated carbocycles. The predicted octanol–water partition coefficient (Wildman–Crippen LogP) is 2.30. The van der Waals surface area contributed by atoms with Gasteiger partial charge in [-0.1, -0.05) is 15.9 Å². The molecule has 0 atom stereocenters. The molecule has 1 aromatic rings. The molecule has 0 heterocycles. The van der Waals surface area contributed by atoms with Crippen LogP contribution in [0.1, 0.15) is 10.4 Å². The van der Waals surface area contributed by atoms with Crippen LogP contribution in [0.25, 0.3) is 0 Å². The van der Waals surface area contributed by atoms with Gasteiger partial charge in [0.2, 0.25) is 0 Å². The molecule has 0 aliphatic heterocycles. The molecule has 14 heavy (non-hydrogen) atoms. The van der Waals surface area contributed by atoms with E-state index in [1.165, 1.54) is 7.11 Å². The molecule has 0 fully saturated rings. The highest BCUT2D eigenvalue weighted by molar-refractivity contribution is 9.10. The van der Waals surface area contributed by atoms with Crippen LogP contribution in [0.4, 0.5) is 5.69 Å². The van der Waals surface area contributed by atoms with E-state index in [9.17, 15) is 4.79 Å². The number of esters is 1. The Morgan fingerprint density at radius 3 is 2.57 bits per heavy atom. The maximum Gasteiger partial charge on any atom is 0.340 e. The smallest absolute Gasteiger partial charge is 0.340 e. The molecule has 0 aliphatic carbocycles. The van der Waals surface area contributed by atoms with Gasteiger partial charge in [0.15, 0.2) is 0 Å². The minimum atomic E-state index is -0.324. The van der Waals surface area contributed by atoms with Crippen molar-refractivity contribution in [3.05, 3.63) is 28.2 Å². The highest BCUT2D eigenvalue weighted by atomic mass is 79.9. The summed E-state index contributed by atoms with van der Waals surface area (Å²) < 4.78 is 5.56. The van der Waals surface area contributed by atoms with Crippen LogP contribution in [0.5, 0.6) is 0 Å². The maximum atomic E-state index is 11.4. The highest BCUT2D eigenvalue weighted by Crippen LogP contribution is 2.23. The number of anilines is 1. The summed E-state index contributed by atoms with van der Waals surface area (Å²) >= 11 is 3.32. The summed E-state index contributed by atoms with van der Waals surface area (Å²) in [4.78, 5) is 13.3. The minimum Gasteiger partial charge on any atom is -0.465 e. The van der Waals surface area contributed by atoms with Crippen LogP contribution in [-0.4, -0.2) is 27.2 Å². The Balaban J connectivity index is 3.22. The molecule has 0 bridgehead atoms. The Kier molecular flexibility index (Phi) is 3.52. The van der Waals surface area contributed by atoms with E-state index in [-0.39, 0.29) is 5.97 Å². The van der Waals surface area contributed by atoms with Crippen molar-refractivity contribution in [3.8, 4) is 0 Å². The van der Waals surface area contributed by atoms with Crippen LogP contribution in [-0.2, 0) is 4.74 Å². The van der Waals surface area contributed by atoms with Gasteiger partial charge in [0.25, 0.3) is 0 Å². The first kappa shape index (κ1) is 11.0. The highest BCUT2D eigenvalue weighted by Gasteiger charge is 2.13. The number of hydrogen-bond donors (Lipinski definition) is 0. The van der Waals surface area contributed by atoms with E-state index in [0.29, 0.717) is 5.56 Å². The number of carbonyl (C=O) groups excluding carboxylic acids is 1. The third-order valence-electron chi connectivity index (χ3n) is 1.85. The van der Waals surface area contributed by atoms with E-state index in [4.69, 9.17) is 4.74 Å². The van der Waals surface area contributed by atoms with Crippen LogP contribution in [0.3, 0.4) is 0 Å². The van der Waals surface area contributed by atoms with Gasteiger partial charge in [0, 0.05) is 18.6 Å². The molecule has 76 valence electrons. The fourth-order valence-electron chi connectivity index (χ4n) is 1.17. The van der Waals surface area contributed by atoms with Gasteiger partial charge in [0.1, 0.15) is 0 Å². The average Bonchev–Trinajstić information content (AvgIpc) is 2.16. The summed E-state index contributed by atoms with van der Waals surface area (Å²) in [5.41, 5.74) is 1.41. The van der Waals surface area contributed by atoms with E-state index in [0.717, 1.165) is 10.2 Å². The van der Waals surface area contributed by atoms with Crippen molar-refractivity contribution in [2.75, 3.05) is 26.1 Å². The maximum absolute atomic E-state index is 11.4. The first-order chi connectivity index (χ1) is 6.56. The number of methoxy groups -OCH3 is 1. The van der Waals surface area contributed by atoms with Gasteiger partial charge >= 0.3 is 5.97 Å². The molecule has 1 aromatic carbocycles. The van der Waals surface area contributed by atoms with Crippen molar-refractivity contribution in [2.45, 2.75) is 0 Å². The average molecular weight is 258 g/mol. The molecule has 0 amide bonds. The lowest BCUT2D eigenvalue weighted by Crippen LogP contribution is -2.14. The lowest BCUT2D eigenvalue weighted by atomic mass is 10.1. The van der Waals surface area contributed by atoms with Gasteiger partial charge in [0.05, 0.1) is 18.4 Å². The van der Waals surface area contributed by atoms with Crippen molar-refractivity contribution < 1.29 is 9.53 Å². The number of hydrogen-bond acceptors (Lipinski definition) is 3. The summed E-state index contributed by atoms with van der Waals surface area (Å²) in [6.45, 7) is 0. The molecule has 0 saturated heterocycles. The predicted molar refractivity (Wildman–Crippen MR) is 59.8 cm³/mol. The Morgan fingerprint density at radius 2 is 2.07 bits per heavy atom. The zero-order valence-electron chi connectivity index (χ0n) is 8.37. The van der Waals surface area contributed by atoms with Crippen LogP contribution in [0.2, 0.25) is 0 Å². The van der Waals surface area contributed by atoms with Gasteiger partial charge in [-0.3, -0.25) is 0 Å². The Labute approximate surface area is 91.8 Å². The number of nitrogens with zero attached hydrogens (tertiary/aromatic N) is 1. The second kappa shape index (κ2) is 4.46. The second-order valence-electron chi connectivity index (χ2n) is 3.05. The van der Waals surface area contributed by atoms with E-state index >= 15 is 0 Å². The zero-order chi connectivity index (χ0) is 10.7. The molecular formula is C10H12BrNO2. The molecular weight excluding hydrogens is 246 g/mol. The summed E-state index contributed by atoms with van der Waals surface area (Å²) in [7, 11) is 5.15. The minimum absolute atomic E-state index is 0.324. The topological polar surface area (TPSA) is 29.5 Å². The van der Waals surface area contributed by atoms with Crippen molar-refractivity contribution in [2.24, 2.45) is 0 Å². The normalized spacial score (nSPS) is 9.71. The van der Waals surface area contributed by atoms with Crippen LogP contribution in [0.15, 0.2) is 22.7 Å². The molecule has 1 rings (SSSR count). The van der Waals surface area contributed by atoms with Crippen LogP contribution >= 0.6 is 15.9 Å². The molecule has 0 aliphatic rings. The number of halogens is 1. The molecule has 0 unspecified atom stereocenters. The molecule has 0 spiro atoms. The van der Waals surface area contributed by atoms with E-state index < -0.39 is 0 Å². The van der Waals surface area contributed by atoms with Crippen LogP contribution in [0, 0.1) is 0 Å². The summed E-state index contributed by atoms with van der Waals surface area (Å²) in [6.07, 6.45) is 0. The standard InChI is InChI=1S/C10H12BrNO2/c1-12(2)9-5-4-7(11)6-8(9)10(13)14-3/h4-6H,1-3H3. The number of carbonyl (C=O) groups is 1. The Bertz CT molecular complexity index is 350. The van der Waals surface area contributed by atoms with Crippen molar-refractivity contribution in [1.82, 2.24) is 0 Å². The summed E-state index contributed by atoms with van der Waals surface area (Å²) in [6, 6.07) is 5.51.